The van der Waals surface area contributed by atoms with Gasteiger partial charge in [0.1, 0.15) is 19.0 Å². The molecular formula is C25H26N2O4. The zero-order valence-electron chi connectivity index (χ0n) is 17.5. The van der Waals surface area contributed by atoms with Gasteiger partial charge in [0.15, 0.2) is 0 Å². The van der Waals surface area contributed by atoms with Crippen LogP contribution in [0.3, 0.4) is 0 Å². The Kier molecular flexibility index (Phi) is 8.20. The number of benzene rings is 3. The van der Waals surface area contributed by atoms with Crippen LogP contribution in [0.5, 0.6) is 5.75 Å². The Balaban J connectivity index is 1.53. The fraction of sp³-hybridized carbons (Fsp3) is 0.200. The highest BCUT2D eigenvalue weighted by Gasteiger charge is 2.18. The Hall–Kier alpha value is -3.64. The molecule has 0 spiro atoms. The second kappa shape index (κ2) is 11.5. The summed E-state index contributed by atoms with van der Waals surface area (Å²) in [6, 6.07) is 25.8. The predicted octanol–water partition coefficient (Wildman–Crippen LogP) is 4.80. The molecule has 0 aliphatic rings. The summed E-state index contributed by atoms with van der Waals surface area (Å²) in [6.45, 7) is 2.24. The first-order valence-corrected chi connectivity index (χ1v) is 10.2. The third-order valence-corrected chi connectivity index (χ3v) is 4.35. The molecule has 0 atom stereocenters. The van der Waals surface area contributed by atoms with Crippen molar-refractivity contribution in [1.82, 2.24) is 0 Å². The summed E-state index contributed by atoms with van der Waals surface area (Å²) >= 11 is 0. The van der Waals surface area contributed by atoms with Gasteiger partial charge >= 0.3 is 0 Å². The van der Waals surface area contributed by atoms with Crippen molar-refractivity contribution in [3.63, 3.8) is 0 Å². The largest absolute Gasteiger partial charge is 0.494 e. The summed E-state index contributed by atoms with van der Waals surface area (Å²) < 4.78 is 10.9. The molecule has 0 radical (unpaired) electrons. The maximum atomic E-state index is 12.9. The van der Waals surface area contributed by atoms with Crippen molar-refractivity contribution in [2.75, 3.05) is 30.0 Å². The van der Waals surface area contributed by atoms with E-state index in [1.807, 2.05) is 67.6 Å². The van der Waals surface area contributed by atoms with Crippen molar-refractivity contribution in [1.29, 1.82) is 0 Å². The van der Waals surface area contributed by atoms with Gasteiger partial charge in [-0.05, 0) is 55.0 Å². The summed E-state index contributed by atoms with van der Waals surface area (Å²) in [5, 5.41) is 2.75. The summed E-state index contributed by atoms with van der Waals surface area (Å²) in [5.74, 6) is 0.159. The number of amides is 2. The van der Waals surface area contributed by atoms with Crippen LogP contribution in [-0.4, -0.2) is 31.6 Å². The molecule has 0 saturated carbocycles. The number of ether oxygens (including phenoxy) is 2. The van der Waals surface area contributed by atoms with Crippen LogP contribution >= 0.6 is 0 Å². The lowest BCUT2D eigenvalue weighted by Gasteiger charge is -2.23. The Morgan fingerprint density at radius 1 is 0.806 bits per heavy atom. The van der Waals surface area contributed by atoms with Gasteiger partial charge < -0.3 is 14.8 Å². The van der Waals surface area contributed by atoms with Gasteiger partial charge in [-0.3, -0.25) is 14.5 Å². The van der Waals surface area contributed by atoms with Gasteiger partial charge in [0.2, 0.25) is 5.91 Å². The van der Waals surface area contributed by atoms with Crippen LogP contribution in [0.15, 0.2) is 84.9 Å². The molecular weight excluding hydrogens is 392 g/mol. The van der Waals surface area contributed by atoms with Crippen molar-refractivity contribution in [3.8, 4) is 5.75 Å². The molecule has 6 heteroatoms. The molecule has 0 saturated heterocycles. The number of hydrogen-bond donors (Lipinski definition) is 1. The first-order chi connectivity index (χ1) is 15.2. The topological polar surface area (TPSA) is 67.9 Å². The number of nitrogens with one attached hydrogen (secondary N) is 1. The molecule has 0 bridgehead atoms. The molecule has 0 fully saturated rings. The Bertz CT molecular complexity index is 920. The Morgan fingerprint density at radius 2 is 1.39 bits per heavy atom. The zero-order valence-corrected chi connectivity index (χ0v) is 17.5. The number of para-hydroxylation sites is 2. The summed E-state index contributed by atoms with van der Waals surface area (Å²) in [5.41, 5.74) is 2.10. The monoisotopic (exact) mass is 418 g/mol. The van der Waals surface area contributed by atoms with E-state index in [2.05, 4.69) is 5.32 Å². The maximum Gasteiger partial charge on any atom is 0.257 e. The van der Waals surface area contributed by atoms with Gasteiger partial charge in [-0.2, -0.15) is 0 Å². The van der Waals surface area contributed by atoms with E-state index in [0.29, 0.717) is 12.3 Å². The lowest BCUT2D eigenvalue weighted by Crippen LogP contribution is -2.31. The number of rotatable bonds is 10. The molecule has 31 heavy (non-hydrogen) atoms. The Labute approximate surface area is 182 Å². The number of nitrogens with zero attached hydrogens (tertiary/aromatic N) is 1. The maximum absolute atomic E-state index is 12.9. The minimum absolute atomic E-state index is 0.221. The van der Waals surface area contributed by atoms with E-state index in [9.17, 15) is 9.59 Å². The number of carbonyl (C=O) groups excluding carboxylic acids is 2. The molecule has 2 amide bonds. The van der Waals surface area contributed by atoms with Crippen LogP contribution < -0.4 is 15.0 Å². The molecule has 0 aromatic heterocycles. The van der Waals surface area contributed by atoms with E-state index < -0.39 is 0 Å². The van der Waals surface area contributed by atoms with Crippen molar-refractivity contribution in [2.45, 2.75) is 13.3 Å². The van der Waals surface area contributed by atoms with Crippen molar-refractivity contribution in [3.05, 3.63) is 84.9 Å². The molecule has 3 aromatic carbocycles. The van der Waals surface area contributed by atoms with E-state index in [1.165, 1.54) is 0 Å². The van der Waals surface area contributed by atoms with Gasteiger partial charge in [0, 0.05) is 17.1 Å². The van der Waals surface area contributed by atoms with E-state index in [-0.39, 0.29) is 25.0 Å². The van der Waals surface area contributed by atoms with Crippen molar-refractivity contribution < 1.29 is 19.1 Å². The lowest BCUT2D eigenvalue weighted by atomic mass is 10.2. The predicted molar refractivity (Wildman–Crippen MR) is 122 cm³/mol. The van der Waals surface area contributed by atoms with E-state index in [0.717, 1.165) is 23.5 Å². The molecule has 3 rings (SSSR count). The molecule has 0 unspecified atom stereocenters. The molecule has 1 N–H and O–H groups in total. The third kappa shape index (κ3) is 6.69. The van der Waals surface area contributed by atoms with Crippen LogP contribution in [0.2, 0.25) is 0 Å². The highest BCUT2D eigenvalue weighted by Crippen LogP contribution is 2.25. The molecule has 0 aliphatic carbocycles. The molecule has 3 aromatic rings. The Morgan fingerprint density at radius 3 is 1.94 bits per heavy atom. The summed E-state index contributed by atoms with van der Waals surface area (Å²) in [7, 11) is 0. The first kappa shape index (κ1) is 22.1. The van der Waals surface area contributed by atoms with Gasteiger partial charge in [-0.1, -0.05) is 43.3 Å². The van der Waals surface area contributed by atoms with Crippen LogP contribution in [0.1, 0.15) is 13.3 Å². The van der Waals surface area contributed by atoms with Gasteiger partial charge in [-0.25, -0.2) is 0 Å². The molecule has 160 valence electrons. The van der Waals surface area contributed by atoms with E-state index in [4.69, 9.17) is 9.47 Å². The second-order valence-electron chi connectivity index (χ2n) is 6.81. The first-order valence-electron chi connectivity index (χ1n) is 10.2. The van der Waals surface area contributed by atoms with E-state index in [1.54, 1.807) is 29.2 Å². The highest BCUT2D eigenvalue weighted by molar-refractivity contribution is 6.01. The number of carbonyl (C=O) groups is 2. The minimum atomic E-state index is -0.332. The SMILES string of the molecule is CCCOc1ccc(NC(=O)COCC(=O)N(c2ccccc2)c2ccccc2)cc1. The minimum Gasteiger partial charge on any atom is -0.494 e. The van der Waals surface area contributed by atoms with Gasteiger partial charge in [0.05, 0.1) is 6.61 Å². The van der Waals surface area contributed by atoms with Gasteiger partial charge in [0.25, 0.3) is 5.91 Å². The van der Waals surface area contributed by atoms with Crippen molar-refractivity contribution >= 4 is 28.9 Å². The smallest absolute Gasteiger partial charge is 0.257 e. The van der Waals surface area contributed by atoms with E-state index >= 15 is 0 Å². The second-order valence-corrected chi connectivity index (χ2v) is 6.81. The van der Waals surface area contributed by atoms with Crippen LogP contribution in [0.25, 0.3) is 0 Å². The summed E-state index contributed by atoms with van der Waals surface area (Å²) in [6.07, 6.45) is 0.931. The lowest BCUT2D eigenvalue weighted by molar-refractivity contribution is -0.126. The summed E-state index contributed by atoms with van der Waals surface area (Å²) in [4.78, 5) is 26.6. The van der Waals surface area contributed by atoms with Crippen LogP contribution in [0.4, 0.5) is 17.1 Å². The van der Waals surface area contributed by atoms with Crippen LogP contribution in [-0.2, 0) is 14.3 Å². The number of anilines is 3. The van der Waals surface area contributed by atoms with Crippen LogP contribution in [0, 0.1) is 0 Å². The highest BCUT2D eigenvalue weighted by atomic mass is 16.5. The van der Waals surface area contributed by atoms with Crippen molar-refractivity contribution in [2.24, 2.45) is 0 Å². The quantitative estimate of drug-likeness (QED) is 0.514. The normalized spacial score (nSPS) is 10.4. The molecule has 0 heterocycles. The zero-order chi connectivity index (χ0) is 21.9. The average molecular weight is 418 g/mol. The fourth-order valence-electron chi connectivity index (χ4n) is 2.94. The molecule has 6 nitrogen and oxygen atoms in total. The molecule has 0 aliphatic heterocycles. The van der Waals surface area contributed by atoms with Gasteiger partial charge in [-0.15, -0.1) is 0 Å². The third-order valence-electron chi connectivity index (χ3n) is 4.35. The average Bonchev–Trinajstić information content (AvgIpc) is 2.80. The fourth-order valence-corrected chi connectivity index (χ4v) is 2.94. The standard InChI is InChI=1S/C25H26N2O4/c1-2-17-31-23-15-13-20(14-16-23)26-24(28)18-30-19-25(29)27(21-9-5-3-6-10-21)22-11-7-4-8-12-22/h3-16H,2,17-19H2,1H3,(H,26,28). The number of hydrogen-bond acceptors (Lipinski definition) is 4.